The number of carboxylic acid groups (broad SMARTS) is 2. The smallest absolute Gasteiger partial charge is 0.414 e. The van der Waals surface area contributed by atoms with E-state index in [1.54, 1.807) is 21.3 Å². The third kappa shape index (κ3) is 7.39. The first-order valence-electron chi connectivity index (χ1n) is 10.0. The number of carbonyl (C=O) groups is 2. The van der Waals surface area contributed by atoms with Gasteiger partial charge in [0, 0.05) is 30.8 Å². The van der Waals surface area contributed by atoms with Gasteiger partial charge < -0.3 is 34.3 Å². The summed E-state index contributed by atoms with van der Waals surface area (Å²) < 4.78 is 18.2. The Morgan fingerprint density at radius 1 is 1.03 bits per heavy atom. The number of halogens is 1. The van der Waals surface area contributed by atoms with Crippen LogP contribution in [0.3, 0.4) is 0 Å². The Labute approximate surface area is 201 Å². The lowest BCUT2D eigenvalue weighted by atomic mass is 10.1. The van der Waals surface area contributed by atoms with Crippen molar-refractivity contribution in [1.29, 1.82) is 0 Å². The zero-order valence-corrected chi connectivity index (χ0v) is 19.7. The molecule has 3 N–H and O–H groups in total. The lowest BCUT2D eigenvalue weighted by Crippen LogP contribution is -2.12. The molecular weight excluding hydrogens is 466 g/mol. The van der Waals surface area contributed by atoms with Crippen LogP contribution < -0.4 is 14.8 Å². The van der Waals surface area contributed by atoms with Gasteiger partial charge in [-0.2, -0.15) is 0 Å². The standard InChI is InChI=1S/C21H24ClN3O3.C2H2O4/c1-26-11-10-25-19(15-4-6-17(22)7-5-15)14-24-21(25)23-13-16-12-18(27-2)8-9-20(16)28-3;3-1(4)2(5)6/h4-9,12,14H,10-11,13H2,1-3H3,(H,23,24);(H,3,4)(H,5,6). The molecule has 11 heteroatoms. The minimum Gasteiger partial charge on any atom is -0.497 e. The van der Waals surface area contributed by atoms with Crippen molar-refractivity contribution in [2.75, 3.05) is 33.3 Å². The second-order valence-corrected chi connectivity index (χ2v) is 7.20. The van der Waals surface area contributed by atoms with Gasteiger partial charge in [0.15, 0.2) is 0 Å². The zero-order valence-electron chi connectivity index (χ0n) is 18.9. The number of ether oxygens (including phenoxy) is 3. The molecule has 3 aromatic rings. The van der Waals surface area contributed by atoms with Gasteiger partial charge in [0.25, 0.3) is 0 Å². The highest BCUT2D eigenvalue weighted by Crippen LogP contribution is 2.27. The van der Waals surface area contributed by atoms with Crippen LogP contribution >= 0.6 is 11.6 Å². The van der Waals surface area contributed by atoms with Gasteiger partial charge in [-0.15, -0.1) is 0 Å². The van der Waals surface area contributed by atoms with Gasteiger partial charge in [0.05, 0.1) is 32.7 Å². The second kappa shape index (κ2) is 13.1. The number of nitrogens with one attached hydrogen (secondary N) is 1. The summed E-state index contributed by atoms with van der Waals surface area (Å²) in [5.41, 5.74) is 3.02. The summed E-state index contributed by atoms with van der Waals surface area (Å²) in [5.74, 6) is -1.32. The summed E-state index contributed by atoms with van der Waals surface area (Å²) in [6.07, 6.45) is 1.85. The molecule has 0 fully saturated rings. The number of aliphatic carboxylic acids is 2. The van der Waals surface area contributed by atoms with Gasteiger partial charge in [0.1, 0.15) is 11.5 Å². The Kier molecular flexibility index (Phi) is 10.2. The number of rotatable bonds is 9. The average molecular weight is 492 g/mol. The van der Waals surface area contributed by atoms with Gasteiger partial charge in [-0.25, -0.2) is 14.6 Å². The Hall–Kier alpha value is -3.76. The highest BCUT2D eigenvalue weighted by molar-refractivity contribution is 6.30. The summed E-state index contributed by atoms with van der Waals surface area (Å²) in [7, 11) is 4.99. The highest BCUT2D eigenvalue weighted by Gasteiger charge is 2.13. The summed E-state index contributed by atoms with van der Waals surface area (Å²) in [5, 5.41) is 18.9. The molecule has 0 atom stereocenters. The Bertz CT molecular complexity index is 1090. The van der Waals surface area contributed by atoms with Crippen LogP contribution in [-0.4, -0.2) is 59.6 Å². The van der Waals surface area contributed by atoms with E-state index in [2.05, 4.69) is 14.9 Å². The van der Waals surface area contributed by atoms with Gasteiger partial charge in [-0.3, -0.25) is 0 Å². The molecule has 1 aromatic heterocycles. The number of carboxylic acids is 2. The minimum absolute atomic E-state index is 0.546. The largest absolute Gasteiger partial charge is 0.497 e. The van der Waals surface area contributed by atoms with E-state index in [1.807, 2.05) is 48.7 Å². The first-order valence-corrected chi connectivity index (χ1v) is 10.4. The van der Waals surface area contributed by atoms with E-state index < -0.39 is 11.9 Å². The van der Waals surface area contributed by atoms with Gasteiger partial charge in [-0.05, 0) is 35.9 Å². The van der Waals surface area contributed by atoms with Crippen molar-refractivity contribution in [3.8, 4) is 22.8 Å². The highest BCUT2D eigenvalue weighted by atomic mass is 35.5. The van der Waals surface area contributed by atoms with Crippen molar-refractivity contribution < 1.29 is 34.0 Å². The van der Waals surface area contributed by atoms with Crippen LogP contribution in [0.1, 0.15) is 5.56 Å². The molecule has 0 spiro atoms. The molecule has 1 heterocycles. The summed E-state index contributed by atoms with van der Waals surface area (Å²) in [4.78, 5) is 22.8. The van der Waals surface area contributed by atoms with Crippen molar-refractivity contribution in [3.63, 3.8) is 0 Å². The van der Waals surface area contributed by atoms with Gasteiger partial charge in [-0.1, -0.05) is 23.7 Å². The molecule has 0 bridgehead atoms. The molecule has 182 valence electrons. The average Bonchev–Trinajstić information content (AvgIpc) is 3.24. The van der Waals surface area contributed by atoms with Crippen LogP contribution in [0.5, 0.6) is 11.5 Å². The Balaban J connectivity index is 0.000000604. The van der Waals surface area contributed by atoms with E-state index in [1.165, 1.54) is 0 Å². The Morgan fingerprint density at radius 2 is 1.71 bits per heavy atom. The molecule has 0 saturated heterocycles. The van der Waals surface area contributed by atoms with Crippen LogP contribution in [0.2, 0.25) is 5.02 Å². The minimum atomic E-state index is -1.82. The normalized spacial score (nSPS) is 10.1. The van der Waals surface area contributed by atoms with E-state index in [4.69, 9.17) is 45.6 Å². The fourth-order valence-corrected chi connectivity index (χ4v) is 3.10. The summed E-state index contributed by atoms with van der Waals surface area (Å²) in [6, 6.07) is 13.4. The number of imidazole rings is 1. The predicted molar refractivity (Wildman–Crippen MR) is 127 cm³/mol. The van der Waals surface area contributed by atoms with Crippen molar-refractivity contribution in [3.05, 3.63) is 59.2 Å². The number of methoxy groups -OCH3 is 3. The van der Waals surface area contributed by atoms with Crippen molar-refractivity contribution >= 4 is 29.5 Å². The van der Waals surface area contributed by atoms with Gasteiger partial charge >= 0.3 is 11.9 Å². The molecule has 0 amide bonds. The van der Waals surface area contributed by atoms with E-state index in [0.717, 1.165) is 34.3 Å². The molecule has 0 aliphatic rings. The molecule has 0 aliphatic carbocycles. The van der Waals surface area contributed by atoms with Crippen LogP contribution in [-0.2, 0) is 27.4 Å². The van der Waals surface area contributed by atoms with Crippen LogP contribution in [0.4, 0.5) is 5.95 Å². The molecule has 2 aromatic carbocycles. The van der Waals surface area contributed by atoms with Crippen LogP contribution in [0.25, 0.3) is 11.3 Å². The zero-order chi connectivity index (χ0) is 25.1. The third-order valence-corrected chi connectivity index (χ3v) is 4.87. The number of hydrogen-bond donors (Lipinski definition) is 3. The first kappa shape index (κ1) is 26.5. The quantitative estimate of drug-likeness (QED) is 0.384. The van der Waals surface area contributed by atoms with Gasteiger partial charge in [0.2, 0.25) is 5.95 Å². The van der Waals surface area contributed by atoms with Crippen LogP contribution in [0, 0.1) is 0 Å². The third-order valence-electron chi connectivity index (χ3n) is 4.62. The van der Waals surface area contributed by atoms with E-state index >= 15 is 0 Å². The second-order valence-electron chi connectivity index (χ2n) is 6.76. The maximum absolute atomic E-state index is 9.10. The molecule has 10 nitrogen and oxygen atoms in total. The molecule has 0 aliphatic heterocycles. The maximum atomic E-state index is 9.10. The number of anilines is 1. The molecule has 0 radical (unpaired) electrons. The monoisotopic (exact) mass is 491 g/mol. The number of hydrogen-bond acceptors (Lipinski definition) is 7. The molecule has 0 saturated carbocycles. The number of nitrogens with zero attached hydrogens (tertiary/aromatic N) is 2. The topological polar surface area (TPSA) is 132 Å². The lowest BCUT2D eigenvalue weighted by molar-refractivity contribution is -0.159. The molecule has 34 heavy (non-hydrogen) atoms. The van der Waals surface area contributed by atoms with Crippen molar-refractivity contribution in [1.82, 2.24) is 9.55 Å². The fraction of sp³-hybridized carbons (Fsp3) is 0.261. The number of aromatic nitrogens is 2. The number of benzene rings is 2. The van der Waals surface area contributed by atoms with Crippen molar-refractivity contribution in [2.45, 2.75) is 13.1 Å². The van der Waals surface area contributed by atoms with Crippen molar-refractivity contribution in [2.24, 2.45) is 0 Å². The maximum Gasteiger partial charge on any atom is 0.414 e. The molecule has 0 unspecified atom stereocenters. The van der Waals surface area contributed by atoms with E-state index in [0.29, 0.717) is 24.7 Å². The first-order chi connectivity index (χ1) is 16.3. The predicted octanol–water partition coefficient (Wildman–Crippen LogP) is 3.63. The van der Waals surface area contributed by atoms with E-state index in [-0.39, 0.29) is 0 Å². The summed E-state index contributed by atoms with van der Waals surface area (Å²) >= 11 is 6.02. The fourth-order valence-electron chi connectivity index (χ4n) is 2.97. The SMILES string of the molecule is COCCn1c(-c2ccc(Cl)cc2)cnc1NCc1cc(OC)ccc1OC.O=C(O)C(=O)O. The molecular formula is C23H26ClN3O7. The van der Waals surface area contributed by atoms with Crippen LogP contribution in [0.15, 0.2) is 48.7 Å². The van der Waals surface area contributed by atoms with E-state index in [9.17, 15) is 0 Å². The summed E-state index contributed by atoms with van der Waals surface area (Å²) in [6.45, 7) is 1.80. The lowest BCUT2D eigenvalue weighted by Gasteiger charge is -2.15. The molecule has 3 rings (SSSR count). The Morgan fingerprint density at radius 3 is 2.26 bits per heavy atom.